The number of hydrogen-bond acceptors (Lipinski definition) is 2. The van der Waals surface area contributed by atoms with Gasteiger partial charge in [0.2, 0.25) is 0 Å². The predicted octanol–water partition coefficient (Wildman–Crippen LogP) is 18.4. The Morgan fingerprint density at radius 2 is 1.01 bits per heavy atom. The van der Waals surface area contributed by atoms with E-state index < -0.39 is 0 Å². The van der Waals surface area contributed by atoms with Crippen LogP contribution in [0.4, 0.5) is 17.1 Å². The first-order chi connectivity index (χ1) is 33.3. The Kier molecular flexibility index (Phi) is 9.60. The average molecular weight is 861 g/mol. The van der Waals surface area contributed by atoms with Gasteiger partial charge in [-0.2, -0.15) is 0 Å². The third-order valence-corrected chi connectivity index (χ3v) is 14.4. The van der Waals surface area contributed by atoms with Crippen molar-refractivity contribution >= 4 is 71.6 Å². The lowest BCUT2D eigenvalue weighted by Gasteiger charge is -2.30. The van der Waals surface area contributed by atoms with Gasteiger partial charge in [0, 0.05) is 49.7 Å². The number of para-hydroxylation sites is 5. The van der Waals surface area contributed by atoms with Gasteiger partial charge in [-0.1, -0.05) is 183 Å². The molecule has 0 spiro atoms. The molecule has 1 fully saturated rings. The van der Waals surface area contributed by atoms with Gasteiger partial charge in [0.05, 0.1) is 16.7 Å². The first-order valence-corrected chi connectivity index (χ1v) is 23.9. The number of benzene rings is 10. The highest BCUT2D eigenvalue weighted by Crippen LogP contribution is 2.48. The van der Waals surface area contributed by atoms with Gasteiger partial charge >= 0.3 is 0 Å². The molecular formula is C64H48N2O. The average Bonchev–Trinajstić information content (AvgIpc) is 3.96. The van der Waals surface area contributed by atoms with Gasteiger partial charge in [0.1, 0.15) is 11.2 Å². The van der Waals surface area contributed by atoms with Gasteiger partial charge in [0.15, 0.2) is 0 Å². The number of fused-ring (bicyclic) bond motifs is 7. The molecule has 0 aliphatic heterocycles. The van der Waals surface area contributed by atoms with Crippen molar-refractivity contribution in [3.05, 3.63) is 230 Å². The number of furan rings is 1. The molecule has 0 N–H and O–H groups in total. The molecule has 320 valence electrons. The number of anilines is 3. The second kappa shape index (κ2) is 16.4. The van der Waals surface area contributed by atoms with Crippen LogP contribution in [-0.4, -0.2) is 4.57 Å². The Balaban J connectivity index is 1.05. The minimum absolute atomic E-state index is 0.561. The molecule has 0 radical (unpaired) electrons. The van der Waals surface area contributed by atoms with Crippen molar-refractivity contribution in [1.29, 1.82) is 0 Å². The molecule has 3 nitrogen and oxygen atoms in total. The lowest BCUT2D eigenvalue weighted by atomic mass is 9.80. The Morgan fingerprint density at radius 1 is 0.418 bits per heavy atom. The highest BCUT2D eigenvalue weighted by atomic mass is 16.3. The maximum atomic E-state index is 6.41. The maximum absolute atomic E-state index is 6.41. The maximum Gasteiger partial charge on any atom is 0.136 e. The minimum Gasteiger partial charge on any atom is -0.456 e. The van der Waals surface area contributed by atoms with E-state index in [2.05, 4.69) is 228 Å². The SMILES string of the molecule is c1ccc(-n2c3ccccc3c3cccc(-c4cccc(N(c5cccc(-c6cccc7oc8ccccc8c67)c5)c5ccccc5-c5cccc6cccc(C7CCCCC7)c56)c4)c32)cc1. The fourth-order valence-electron chi connectivity index (χ4n) is 11.4. The van der Waals surface area contributed by atoms with Crippen molar-refractivity contribution in [3.8, 4) is 39.1 Å². The van der Waals surface area contributed by atoms with Crippen LogP contribution in [-0.2, 0) is 0 Å². The highest BCUT2D eigenvalue weighted by molar-refractivity contribution is 6.15. The van der Waals surface area contributed by atoms with Gasteiger partial charge in [-0.15, -0.1) is 0 Å². The van der Waals surface area contributed by atoms with Crippen LogP contribution in [0, 0.1) is 0 Å². The molecule has 2 aromatic heterocycles. The van der Waals surface area contributed by atoms with E-state index in [4.69, 9.17) is 4.42 Å². The summed E-state index contributed by atoms with van der Waals surface area (Å²) in [6.45, 7) is 0. The number of hydrogen-bond donors (Lipinski definition) is 0. The summed E-state index contributed by atoms with van der Waals surface area (Å²) in [6.07, 6.45) is 6.41. The normalized spacial score (nSPS) is 13.3. The molecule has 1 aliphatic rings. The fraction of sp³-hybridized carbons (Fsp3) is 0.0938. The Bertz CT molecular complexity index is 3810. The largest absolute Gasteiger partial charge is 0.456 e. The molecule has 1 aliphatic carbocycles. The molecule has 67 heavy (non-hydrogen) atoms. The molecule has 2 heterocycles. The van der Waals surface area contributed by atoms with Gasteiger partial charge in [-0.05, 0) is 118 Å². The van der Waals surface area contributed by atoms with Crippen molar-refractivity contribution in [1.82, 2.24) is 4.57 Å². The molecule has 0 saturated heterocycles. The van der Waals surface area contributed by atoms with Crippen LogP contribution in [0.1, 0.15) is 43.6 Å². The monoisotopic (exact) mass is 860 g/mol. The van der Waals surface area contributed by atoms with E-state index in [1.165, 1.54) is 86.9 Å². The second-order valence-electron chi connectivity index (χ2n) is 18.2. The Morgan fingerprint density at radius 3 is 1.85 bits per heavy atom. The lowest BCUT2D eigenvalue weighted by molar-refractivity contribution is 0.445. The van der Waals surface area contributed by atoms with Crippen LogP contribution >= 0.6 is 0 Å². The minimum atomic E-state index is 0.561. The Labute approximate surface area is 390 Å². The molecule has 0 amide bonds. The summed E-state index contributed by atoms with van der Waals surface area (Å²) in [7, 11) is 0. The summed E-state index contributed by atoms with van der Waals surface area (Å²) >= 11 is 0. The Hall–Kier alpha value is -8.14. The third-order valence-electron chi connectivity index (χ3n) is 14.4. The van der Waals surface area contributed by atoms with E-state index >= 15 is 0 Å². The quantitative estimate of drug-likeness (QED) is 0.152. The topological polar surface area (TPSA) is 21.3 Å². The summed E-state index contributed by atoms with van der Waals surface area (Å²) in [6, 6.07) is 82.4. The number of nitrogens with zero attached hydrogens (tertiary/aromatic N) is 2. The zero-order chi connectivity index (χ0) is 44.3. The van der Waals surface area contributed by atoms with E-state index in [-0.39, 0.29) is 0 Å². The molecular weight excluding hydrogens is 813 g/mol. The predicted molar refractivity (Wildman–Crippen MR) is 282 cm³/mol. The summed E-state index contributed by atoms with van der Waals surface area (Å²) < 4.78 is 8.85. The van der Waals surface area contributed by atoms with E-state index in [9.17, 15) is 0 Å². The molecule has 3 heteroatoms. The van der Waals surface area contributed by atoms with Crippen molar-refractivity contribution in [2.45, 2.75) is 38.0 Å². The third kappa shape index (κ3) is 6.64. The van der Waals surface area contributed by atoms with E-state index in [1.54, 1.807) is 0 Å². The molecule has 12 aromatic rings. The summed E-state index contributed by atoms with van der Waals surface area (Å²) in [5, 5.41) is 7.43. The van der Waals surface area contributed by atoms with Crippen molar-refractivity contribution in [3.63, 3.8) is 0 Å². The smallest absolute Gasteiger partial charge is 0.136 e. The summed E-state index contributed by atoms with van der Waals surface area (Å²) in [5.41, 5.74) is 17.2. The number of aromatic nitrogens is 1. The molecule has 0 atom stereocenters. The van der Waals surface area contributed by atoms with E-state index in [0.717, 1.165) is 61.4 Å². The van der Waals surface area contributed by atoms with Crippen LogP contribution in [0.15, 0.2) is 229 Å². The lowest BCUT2D eigenvalue weighted by Crippen LogP contribution is -2.12. The van der Waals surface area contributed by atoms with Crippen molar-refractivity contribution in [2.24, 2.45) is 0 Å². The highest BCUT2D eigenvalue weighted by Gasteiger charge is 2.24. The van der Waals surface area contributed by atoms with Crippen molar-refractivity contribution < 1.29 is 4.42 Å². The van der Waals surface area contributed by atoms with Gasteiger partial charge in [-0.25, -0.2) is 0 Å². The van der Waals surface area contributed by atoms with E-state index in [1.807, 2.05) is 6.07 Å². The second-order valence-corrected chi connectivity index (χ2v) is 18.2. The molecule has 0 bridgehead atoms. The molecule has 13 rings (SSSR count). The summed E-state index contributed by atoms with van der Waals surface area (Å²) in [5.74, 6) is 0.561. The van der Waals surface area contributed by atoms with Crippen LogP contribution in [0.2, 0.25) is 0 Å². The first-order valence-electron chi connectivity index (χ1n) is 23.9. The molecule has 0 unspecified atom stereocenters. The van der Waals surface area contributed by atoms with Gasteiger partial charge in [-0.3, -0.25) is 0 Å². The zero-order valence-corrected chi connectivity index (χ0v) is 37.3. The zero-order valence-electron chi connectivity index (χ0n) is 37.3. The van der Waals surface area contributed by atoms with Gasteiger partial charge in [0.25, 0.3) is 0 Å². The van der Waals surface area contributed by atoms with Crippen LogP contribution in [0.3, 0.4) is 0 Å². The standard InChI is InChI=1S/C64H48N2O/c1-3-19-43(20-4-1)50-32-15-21-44-22-16-35-55(62(44)50)53-29-7-10-37-58(53)65(48-27-13-23-45(41-48)51-33-18-40-61-63(51)57-31-9-12-39-60(57)67-61)49-28-14-24-46(42-49)52-34-17-36-56-54-30-8-11-38-59(54)66(64(52)56)47-25-5-2-6-26-47/h2,5-18,21-43H,1,3-4,19-20H2. The van der Waals surface area contributed by atoms with Gasteiger partial charge < -0.3 is 13.9 Å². The van der Waals surface area contributed by atoms with Crippen LogP contribution in [0.25, 0.3) is 93.6 Å². The number of rotatable bonds is 8. The molecule has 10 aromatic carbocycles. The van der Waals surface area contributed by atoms with E-state index in [0.29, 0.717) is 5.92 Å². The van der Waals surface area contributed by atoms with Crippen LogP contribution < -0.4 is 4.90 Å². The summed E-state index contributed by atoms with van der Waals surface area (Å²) in [4.78, 5) is 2.49. The van der Waals surface area contributed by atoms with Crippen LogP contribution in [0.5, 0.6) is 0 Å². The van der Waals surface area contributed by atoms with Crippen molar-refractivity contribution in [2.75, 3.05) is 4.90 Å². The first kappa shape index (κ1) is 39.2. The molecule has 1 saturated carbocycles. The fourth-order valence-corrected chi connectivity index (χ4v) is 11.4.